The Bertz CT molecular complexity index is 1250. The summed E-state index contributed by atoms with van der Waals surface area (Å²) in [6, 6.07) is 11.5. The number of esters is 1. The average Bonchev–Trinajstić information content (AvgIpc) is 3.59. The molecule has 0 N–H and O–H groups in total. The average molecular weight is 513 g/mol. The molecule has 2 aliphatic carbocycles. The van der Waals surface area contributed by atoms with Crippen LogP contribution in [0.3, 0.4) is 0 Å². The van der Waals surface area contributed by atoms with Gasteiger partial charge >= 0.3 is 5.97 Å². The van der Waals surface area contributed by atoms with E-state index in [2.05, 4.69) is 0 Å². The maximum absolute atomic E-state index is 13.1. The van der Waals surface area contributed by atoms with Gasteiger partial charge in [0.2, 0.25) is 17.7 Å². The zero-order chi connectivity index (χ0) is 24.4. The second-order valence-corrected chi connectivity index (χ2v) is 10.6. The first-order chi connectivity index (χ1) is 16.8. The van der Waals surface area contributed by atoms with Gasteiger partial charge in [0.05, 0.1) is 39.2 Å². The van der Waals surface area contributed by atoms with E-state index in [1.54, 1.807) is 42.5 Å². The standard InChI is InChI=1S/C26H22Cl2N2O5/c27-18-5-2-6-19(23(18)28)29-12-15(10-20(29)31)26(34)35-17-4-1-3-16(11-17)30-24(32)21-13-7-8-14(9-13)22(21)25(30)33/h1-6,11,13-15,21-22H,7-10,12H2/t13-,14-,15+,21+,22+/m0/s1. The minimum Gasteiger partial charge on any atom is -0.426 e. The summed E-state index contributed by atoms with van der Waals surface area (Å²) in [7, 11) is 0. The van der Waals surface area contributed by atoms with E-state index >= 15 is 0 Å². The van der Waals surface area contributed by atoms with Crippen LogP contribution in [0.15, 0.2) is 42.5 Å². The van der Waals surface area contributed by atoms with Crippen molar-refractivity contribution in [1.82, 2.24) is 0 Å². The number of halogens is 2. The van der Waals surface area contributed by atoms with Crippen molar-refractivity contribution >= 4 is 58.3 Å². The topological polar surface area (TPSA) is 84.0 Å². The van der Waals surface area contributed by atoms with Crippen LogP contribution in [-0.4, -0.2) is 30.2 Å². The van der Waals surface area contributed by atoms with Crippen LogP contribution in [-0.2, 0) is 19.2 Å². The van der Waals surface area contributed by atoms with Gasteiger partial charge < -0.3 is 9.64 Å². The van der Waals surface area contributed by atoms with Crippen molar-refractivity contribution in [3.05, 3.63) is 52.5 Å². The van der Waals surface area contributed by atoms with Crippen LogP contribution in [0.1, 0.15) is 25.7 Å². The highest BCUT2D eigenvalue weighted by atomic mass is 35.5. The zero-order valence-corrected chi connectivity index (χ0v) is 20.2. The van der Waals surface area contributed by atoms with Crippen LogP contribution < -0.4 is 14.5 Å². The van der Waals surface area contributed by atoms with E-state index in [-0.39, 0.29) is 53.3 Å². The van der Waals surface area contributed by atoms with Gasteiger partial charge in [0.25, 0.3) is 0 Å². The van der Waals surface area contributed by atoms with Crippen molar-refractivity contribution in [3.8, 4) is 5.75 Å². The van der Waals surface area contributed by atoms with Crippen molar-refractivity contribution in [2.75, 3.05) is 16.3 Å². The summed E-state index contributed by atoms with van der Waals surface area (Å²) >= 11 is 12.3. The first kappa shape index (κ1) is 22.6. The Morgan fingerprint density at radius 3 is 2.34 bits per heavy atom. The van der Waals surface area contributed by atoms with Gasteiger partial charge in [0.1, 0.15) is 5.75 Å². The molecular weight excluding hydrogens is 491 g/mol. The summed E-state index contributed by atoms with van der Waals surface area (Å²) in [6.45, 7) is 0.118. The van der Waals surface area contributed by atoms with Gasteiger partial charge in [0.15, 0.2) is 0 Å². The van der Waals surface area contributed by atoms with E-state index in [0.29, 0.717) is 28.2 Å². The van der Waals surface area contributed by atoms with Crippen LogP contribution in [0, 0.1) is 29.6 Å². The quantitative estimate of drug-likeness (QED) is 0.342. The summed E-state index contributed by atoms with van der Waals surface area (Å²) in [4.78, 5) is 54.4. The van der Waals surface area contributed by atoms with Crippen LogP contribution >= 0.6 is 23.2 Å². The number of amides is 3. The lowest BCUT2D eigenvalue weighted by Gasteiger charge is -2.19. The number of fused-ring (bicyclic) bond motifs is 5. The number of hydrogen-bond acceptors (Lipinski definition) is 5. The van der Waals surface area contributed by atoms with Gasteiger partial charge in [-0.3, -0.25) is 19.2 Å². The molecule has 180 valence electrons. The van der Waals surface area contributed by atoms with Crippen molar-refractivity contribution in [1.29, 1.82) is 0 Å². The Kier molecular flexibility index (Phi) is 5.38. The molecular formula is C26H22Cl2N2O5. The molecule has 2 aromatic rings. The minimum absolute atomic E-state index is 0.0173. The van der Waals surface area contributed by atoms with E-state index in [0.717, 1.165) is 19.3 Å². The molecule has 4 aliphatic rings. The molecule has 5 atom stereocenters. The fourth-order valence-electron chi connectivity index (χ4n) is 6.35. The van der Waals surface area contributed by atoms with E-state index in [4.69, 9.17) is 27.9 Å². The van der Waals surface area contributed by atoms with Gasteiger partial charge in [-0.1, -0.05) is 35.3 Å². The molecule has 0 aromatic heterocycles. The van der Waals surface area contributed by atoms with Crippen LogP contribution in [0.4, 0.5) is 11.4 Å². The number of ether oxygens (including phenoxy) is 1. The molecule has 0 radical (unpaired) electrons. The predicted octanol–water partition coefficient (Wildman–Crippen LogP) is 4.49. The van der Waals surface area contributed by atoms with E-state index in [1.807, 2.05) is 0 Å². The number of anilines is 2. The molecule has 0 spiro atoms. The van der Waals surface area contributed by atoms with Crippen molar-refractivity contribution in [2.45, 2.75) is 25.7 Å². The summed E-state index contributed by atoms with van der Waals surface area (Å²) < 4.78 is 5.58. The Hall–Kier alpha value is -2.90. The molecule has 7 nitrogen and oxygen atoms in total. The monoisotopic (exact) mass is 512 g/mol. The maximum atomic E-state index is 13.1. The lowest BCUT2D eigenvalue weighted by Crippen LogP contribution is -2.32. The van der Waals surface area contributed by atoms with Gasteiger partial charge in [-0.25, -0.2) is 4.90 Å². The molecule has 2 saturated heterocycles. The Balaban J connectivity index is 1.17. The Labute approximate surface area is 211 Å². The van der Waals surface area contributed by atoms with Crippen molar-refractivity contribution < 1.29 is 23.9 Å². The predicted molar refractivity (Wildman–Crippen MR) is 129 cm³/mol. The number of benzene rings is 2. The summed E-state index contributed by atoms with van der Waals surface area (Å²) in [5, 5.41) is 0.574. The van der Waals surface area contributed by atoms with Crippen molar-refractivity contribution in [3.63, 3.8) is 0 Å². The molecule has 2 bridgehead atoms. The number of imide groups is 1. The fraction of sp³-hybridized carbons (Fsp3) is 0.385. The molecule has 4 fully saturated rings. The van der Waals surface area contributed by atoms with Gasteiger partial charge in [-0.05, 0) is 55.4 Å². The molecule has 35 heavy (non-hydrogen) atoms. The molecule has 2 heterocycles. The minimum atomic E-state index is -0.689. The van der Waals surface area contributed by atoms with Crippen LogP contribution in [0.2, 0.25) is 10.0 Å². The highest BCUT2D eigenvalue weighted by Gasteiger charge is 2.61. The third-order valence-electron chi connectivity index (χ3n) is 7.90. The normalized spacial score (nSPS) is 29.3. The van der Waals surface area contributed by atoms with Gasteiger partial charge in [-0.2, -0.15) is 0 Å². The first-order valence-corrected chi connectivity index (χ1v) is 12.5. The molecule has 3 amide bonds. The van der Waals surface area contributed by atoms with E-state index in [1.165, 1.54) is 9.80 Å². The number of rotatable bonds is 4. The second-order valence-electron chi connectivity index (χ2n) is 9.79. The SMILES string of the molecule is O=C(Oc1cccc(N2C(=O)[C@@H]3[C@H]4CC[C@@H](C4)[C@H]3C2=O)c1)[C@@H]1CC(=O)N(c2cccc(Cl)c2Cl)C1. The molecule has 2 saturated carbocycles. The first-order valence-electron chi connectivity index (χ1n) is 11.8. The Morgan fingerprint density at radius 1 is 0.943 bits per heavy atom. The lowest BCUT2D eigenvalue weighted by molar-refractivity contribution is -0.139. The maximum Gasteiger partial charge on any atom is 0.316 e. The van der Waals surface area contributed by atoms with E-state index < -0.39 is 11.9 Å². The Morgan fingerprint density at radius 2 is 1.63 bits per heavy atom. The highest BCUT2D eigenvalue weighted by molar-refractivity contribution is 6.44. The van der Waals surface area contributed by atoms with Crippen molar-refractivity contribution in [2.24, 2.45) is 29.6 Å². The highest BCUT2D eigenvalue weighted by Crippen LogP contribution is 2.56. The number of carbonyl (C=O) groups excluding carboxylic acids is 4. The van der Waals surface area contributed by atoms with Gasteiger partial charge in [0, 0.05) is 19.0 Å². The second kappa shape index (κ2) is 8.35. The fourth-order valence-corrected chi connectivity index (χ4v) is 6.75. The molecule has 9 heteroatoms. The molecule has 2 aromatic carbocycles. The smallest absolute Gasteiger partial charge is 0.316 e. The van der Waals surface area contributed by atoms with Gasteiger partial charge in [-0.15, -0.1) is 0 Å². The number of carbonyl (C=O) groups is 4. The largest absolute Gasteiger partial charge is 0.426 e. The molecule has 0 unspecified atom stereocenters. The summed E-state index contributed by atoms with van der Waals surface area (Å²) in [5.74, 6) is -1.43. The third kappa shape index (κ3) is 3.55. The number of hydrogen-bond donors (Lipinski definition) is 0. The third-order valence-corrected chi connectivity index (χ3v) is 8.71. The molecule has 6 rings (SSSR count). The zero-order valence-electron chi connectivity index (χ0n) is 18.7. The molecule has 2 aliphatic heterocycles. The van der Waals surface area contributed by atoms with E-state index in [9.17, 15) is 19.2 Å². The lowest BCUT2D eigenvalue weighted by atomic mass is 9.81. The van der Waals surface area contributed by atoms with Crippen LogP contribution in [0.25, 0.3) is 0 Å². The van der Waals surface area contributed by atoms with Crippen LogP contribution in [0.5, 0.6) is 5.75 Å². The summed E-state index contributed by atoms with van der Waals surface area (Å²) in [6.07, 6.45) is 2.97. The summed E-state index contributed by atoms with van der Waals surface area (Å²) in [5.41, 5.74) is 0.862. The number of nitrogens with zero attached hydrogens (tertiary/aromatic N) is 2.